The van der Waals surface area contributed by atoms with E-state index in [1.165, 1.54) is 4.72 Å². The fourth-order valence-corrected chi connectivity index (χ4v) is 1.33. The minimum absolute atomic E-state index is 0.510. The lowest BCUT2D eigenvalue weighted by Crippen LogP contribution is -2.11. The highest BCUT2D eigenvalue weighted by Gasteiger charge is 2.18. The van der Waals surface area contributed by atoms with Gasteiger partial charge in [-0.05, 0) is 12.1 Å². The molecule has 0 aliphatic heterocycles. The van der Waals surface area contributed by atoms with Crippen LogP contribution in [-0.2, 0) is 10.3 Å². The predicted octanol–water partition coefficient (Wildman–Crippen LogP) is 0.949. The van der Waals surface area contributed by atoms with E-state index in [2.05, 4.69) is 0 Å². The normalized spacial score (nSPS) is 11.1. The van der Waals surface area contributed by atoms with E-state index in [1.807, 2.05) is 0 Å². The average Bonchev–Trinajstić information content (AvgIpc) is 2.05. The Hall–Kier alpha value is -1.74. The Morgan fingerprint density at radius 2 is 2.07 bits per heavy atom. The summed E-state index contributed by atoms with van der Waals surface area (Å²) in [6.45, 7) is 0. The van der Waals surface area contributed by atoms with E-state index >= 15 is 0 Å². The Labute approximate surface area is 83.6 Å². The van der Waals surface area contributed by atoms with Crippen molar-refractivity contribution in [3.8, 4) is 0 Å². The molecule has 0 saturated heterocycles. The highest BCUT2D eigenvalue weighted by atomic mass is 32.2. The van der Waals surface area contributed by atoms with Gasteiger partial charge in [0.25, 0.3) is 5.69 Å². The zero-order valence-corrected chi connectivity index (χ0v) is 7.86. The Balaban J connectivity index is 3.24. The van der Waals surface area contributed by atoms with Gasteiger partial charge in [-0.3, -0.25) is 19.4 Å². The molecule has 0 radical (unpaired) electrons. The molecule has 0 aliphatic carbocycles. The van der Waals surface area contributed by atoms with E-state index in [0.29, 0.717) is 6.07 Å². The number of hydrogen-bond acceptors (Lipinski definition) is 4. The molecule has 0 unspecified atom stereocenters. The maximum Gasteiger partial charge on any atom is 0.357 e. The van der Waals surface area contributed by atoms with Crippen LogP contribution in [0.2, 0.25) is 0 Å². The molecule has 9 heteroatoms. The summed E-state index contributed by atoms with van der Waals surface area (Å²) in [4.78, 5) is 9.41. The van der Waals surface area contributed by atoms with Crippen LogP contribution in [0.3, 0.4) is 0 Å². The van der Waals surface area contributed by atoms with Crippen molar-refractivity contribution in [1.29, 1.82) is 0 Å². The standard InChI is InChI=1S/C6H5FN2O5S/c7-4-1-2-5(8-15(12,13)14)6(3-4)9(10)11/h1-3,8H,(H,12,13,14). The van der Waals surface area contributed by atoms with E-state index < -0.39 is 32.4 Å². The monoisotopic (exact) mass is 236 g/mol. The first-order valence-electron chi connectivity index (χ1n) is 3.49. The van der Waals surface area contributed by atoms with Gasteiger partial charge in [-0.15, -0.1) is 0 Å². The molecule has 0 bridgehead atoms. The summed E-state index contributed by atoms with van der Waals surface area (Å²) in [6.07, 6.45) is 0. The second-order valence-electron chi connectivity index (χ2n) is 2.50. The number of nitrogens with zero attached hydrogens (tertiary/aromatic N) is 1. The maximum absolute atomic E-state index is 12.6. The molecule has 0 spiro atoms. The molecular weight excluding hydrogens is 231 g/mol. The van der Waals surface area contributed by atoms with Crippen LogP contribution in [0.4, 0.5) is 15.8 Å². The molecule has 0 heterocycles. The van der Waals surface area contributed by atoms with Crippen LogP contribution in [0.1, 0.15) is 0 Å². The first kappa shape index (κ1) is 11.3. The van der Waals surface area contributed by atoms with Gasteiger partial charge in [-0.1, -0.05) is 0 Å². The van der Waals surface area contributed by atoms with Gasteiger partial charge in [0.05, 0.1) is 11.0 Å². The molecule has 7 nitrogen and oxygen atoms in total. The van der Waals surface area contributed by atoms with Gasteiger partial charge in [0.15, 0.2) is 0 Å². The third kappa shape index (κ3) is 3.14. The number of rotatable bonds is 3. The van der Waals surface area contributed by atoms with Crippen molar-refractivity contribution in [2.45, 2.75) is 0 Å². The van der Waals surface area contributed by atoms with Gasteiger partial charge in [0, 0.05) is 0 Å². The van der Waals surface area contributed by atoms with Crippen molar-refractivity contribution in [1.82, 2.24) is 0 Å². The molecule has 0 amide bonds. The van der Waals surface area contributed by atoms with Crippen molar-refractivity contribution in [2.24, 2.45) is 0 Å². The average molecular weight is 236 g/mol. The van der Waals surface area contributed by atoms with Crippen molar-refractivity contribution in [3.05, 3.63) is 34.1 Å². The second-order valence-corrected chi connectivity index (χ2v) is 3.65. The minimum atomic E-state index is -4.62. The quantitative estimate of drug-likeness (QED) is 0.461. The number of halogens is 1. The largest absolute Gasteiger partial charge is 0.357 e. The molecule has 0 atom stereocenters. The summed E-state index contributed by atoms with van der Waals surface area (Å²) < 4.78 is 43.2. The molecule has 15 heavy (non-hydrogen) atoms. The molecule has 82 valence electrons. The third-order valence-corrected chi connectivity index (χ3v) is 1.87. The molecule has 0 saturated carbocycles. The number of nitro benzene ring substituents is 1. The van der Waals surface area contributed by atoms with Gasteiger partial charge in [-0.25, -0.2) is 4.39 Å². The second kappa shape index (κ2) is 3.79. The Kier molecular flexibility index (Phi) is 2.86. The van der Waals surface area contributed by atoms with Crippen molar-refractivity contribution >= 4 is 21.7 Å². The zero-order valence-electron chi connectivity index (χ0n) is 7.05. The lowest BCUT2D eigenvalue weighted by molar-refractivity contribution is -0.384. The van der Waals surface area contributed by atoms with Crippen LogP contribution in [0, 0.1) is 15.9 Å². The first-order chi connectivity index (χ1) is 6.79. The van der Waals surface area contributed by atoms with Gasteiger partial charge in [0.1, 0.15) is 11.5 Å². The van der Waals surface area contributed by atoms with Crippen LogP contribution in [0.5, 0.6) is 0 Å². The molecule has 2 N–H and O–H groups in total. The summed E-state index contributed by atoms with van der Waals surface area (Å²) in [5.41, 5.74) is -1.29. The van der Waals surface area contributed by atoms with E-state index in [4.69, 9.17) is 4.55 Å². The predicted molar refractivity (Wildman–Crippen MR) is 48.2 cm³/mol. The highest BCUT2D eigenvalue weighted by molar-refractivity contribution is 7.87. The van der Waals surface area contributed by atoms with Crippen LogP contribution in [-0.4, -0.2) is 17.9 Å². The van der Waals surface area contributed by atoms with E-state index in [0.717, 1.165) is 12.1 Å². The summed E-state index contributed by atoms with van der Waals surface area (Å²) in [6, 6.07) is 2.19. The van der Waals surface area contributed by atoms with Gasteiger partial charge >= 0.3 is 10.3 Å². The van der Waals surface area contributed by atoms with Crippen molar-refractivity contribution in [2.75, 3.05) is 4.72 Å². The van der Waals surface area contributed by atoms with Crippen LogP contribution >= 0.6 is 0 Å². The molecule has 0 fully saturated rings. The smallest absolute Gasteiger partial charge is 0.269 e. The van der Waals surface area contributed by atoms with Gasteiger partial charge in [0.2, 0.25) is 0 Å². The van der Waals surface area contributed by atoms with Crippen molar-refractivity contribution < 1.29 is 22.3 Å². The summed E-state index contributed by atoms with van der Waals surface area (Å²) >= 11 is 0. The SMILES string of the molecule is O=[N+]([O-])c1cc(F)ccc1NS(=O)(=O)O. The third-order valence-electron chi connectivity index (χ3n) is 1.40. The summed E-state index contributed by atoms with van der Waals surface area (Å²) in [7, 11) is -4.62. The number of benzene rings is 1. The highest BCUT2D eigenvalue weighted by Crippen LogP contribution is 2.25. The lowest BCUT2D eigenvalue weighted by Gasteiger charge is -2.02. The Bertz CT molecular complexity index is 500. The number of anilines is 1. The number of hydrogen-bond donors (Lipinski definition) is 2. The maximum atomic E-state index is 12.6. The van der Waals surface area contributed by atoms with Crippen LogP contribution in [0.25, 0.3) is 0 Å². The van der Waals surface area contributed by atoms with Gasteiger partial charge in [-0.2, -0.15) is 8.42 Å². The van der Waals surface area contributed by atoms with Crippen LogP contribution in [0.15, 0.2) is 18.2 Å². The number of nitrogens with one attached hydrogen (secondary N) is 1. The Morgan fingerprint density at radius 1 is 1.47 bits per heavy atom. The van der Waals surface area contributed by atoms with Crippen molar-refractivity contribution in [3.63, 3.8) is 0 Å². The first-order valence-corrected chi connectivity index (χ1v) is 4.93. The topological polar surface area (TPSA) is 110 Å². The molecule has 1 aromatic rings. The fourth-order valence-electron chi connectivity index (χ4n) is 0.881. The lowest BCUT2D eigenvalue weighted by atomic mass is 10.3. The zero-order chi connectivity index (χ0) is 11.6. The molecule has 0 aliphatic rings. The number of nitro groups is 1. The van der Waals surface area contributed by atoms with E-state index in [9.17, 15) is 22.9 Å². The fraction of sp³-hybridized carbons (Fsp3) is 0. The van der Waals surface area contributed by atoms with Gasteiger partial charge < -0.3 is 0 Å². The Morgan fingerprint density at radius 3 is 2.53 bits per heavy atom. The summed E-state index contributed by atoms with van der Waals surface area (Å²) in [5, 5.41) is 10.4. The summed E-state index contributed by atoms with van der Waals surface area (Å²) in [5.74, 6) is -0.886. The minimum Gasteiger partial charge on any atom is -0.269 e. The van der Waals surface area contributed by atoms with Crippen LogP contribution < -0.4 is 4.72 Å². The van der Waals surface area contributed by atoms with E-state index in [-0.39, 0.29) is 0 Å². The molecule has 0 aromatic heterocycles. The molecule has 1 rings (SSSR count). The van der Waals surface area contributed by atoms with E-state index in [1.54, 1.807) is 0 Å². The molecule has 1 aromatic carbocycles. The molecular formula is C6H5FN2O5S.